The van der Waals surface area contributed by atoms with E-state index in [4.69, 9.17) is 4.74 Å². The van der Waals surface area contributed by atoms with Crippen molar-refractivity contribution in [2.45, 2.75) is 19.3 Å². The molecule has 1 fully saturated rings. The number of benzene rings is 1. The van der Waals surface area contributed by atoms with E-state index in [2.05, 4.69) is 9.55 Å². The smallest absolute Gasteiger partial charge is 0.260 e. The molecule has 1 saturated heterocycles. The van der Waals surface area contributed by atoms with Crippen LogP contribution in [0.25, 0.3) is 0 Å². The second kappa shape index (κ2) is 6.22. The zero-order valence-electron chi connectivity index (χ0n) is 13.0. The number of aromatic nitrogens is 2. The summed E-state index contributed by atoms with van der Waals surface area (Å²) in [7, 11) is 2.01. The highest BCUT2D eigenvalue weighted by Gasteiger charge is 2.29. The van der Waals surface area contributed by atoms with Gasteiger partial charge in [-0.15, -0.1) is 0 Å². The Kier molecular flexibility index (Phi) is 4.13. The number of ether oxygens (including phenoxy) is 1. The van der Waals surface area contributed by atoms with Crippen LogP contribution in [0.2, 0.25) is 0 Å². The van der Waals surface area contributed by atoms with Gasteiger partial charge in [-0.1, -0.05) is 18.2 Å². The van der Waals surface area contributed by atoms with Crippen LogP contribution in [0.5, 0.6) is 5.75 Å². The summed E-state index contributed by atoms with van der Waals surface area (Å²) in [5, 5.41) is 0. The maximum atomic E-state index is 12.3. The summed E-state index contributed by atoms with van der Waals surface area (Å²) >= 11 is 0. The lowest BCUT2D eigenvalue weighted by Gasteiger charge is -2.17. The van der Waals surface area contributed by atoms with Gasteiger partial charge in [-0.3, -0.25) is 4.79 Å². The Morgan fingerprint density at radius 3 is 2.82 bits per heavy atom. The fourth-order valence-electron chi connectivity index (χ4n) is 2.96. The molecule has 1 aromatic carbocycles. The molecule has 1 aliphatic rings. The van der Waals surface area contributed by atoms with Crippen LogP contribution in [0.1, 0.15) is 23.9 Å². The summed E-state index contributed by atoms with van der Waals surface area (Å²) in [6.45, 7) is 3.58. The molecule has 22 heavy (non-hydrogen) atoms. The molecule has 0 saturated carbocycles. The van der Waals surface area contributed by atoms with Gasteiger partial charge in [-0.2, -0.15) is 0 Å². The number of likely N-dealkylation sites (tertiary alicyclic amines) is 1. The number of para-hydroxylation sites is 1. The first kappa shape index (κ1) is 14.6. The summed E-state index contributed by atoms with van der Waals surface area (Å²) in [5.74, 6) is 2.15. The third-order valence-electron chi connectivity index (χ3n) is 4.04. The van der Waals surface area contributed by atoms with Gasteiger partial charge in [-0.25, -0.2) is 4.98 Å². The number of aryl methyl sites for hydroxylation is 2. The Hall–Kier alpha value is -2.30. The topological polar surface area (TPSA) is 47.4 Å². The highest BCUT2D eigenvalue weighted by atomic mass is 16.5. The molecule has 2 aromatic rings. The fourth-order valence-corrected chi connectivity index (χ4v) is 2.96. The molecule has 0 spiro atoms. The molecule has 0 radical (unpaired) electrons. The third kappa shape index (κ3) is 3.13. The van der Waals surface area contributed by atoms with Crippen LogP contribution >= 0.6 is 0 Å². The van der Waals surface area contributed by atoms with Crippen molar-refractivity contribution in [1.82, 2.24) is 14.5 Å². The van der Waals surface area contributed by atoms with E-state index in [-0.39, 0.29) is 12.5 Å². The lowest BCUT2D eigenvalue weighted by molar-refractivity contribution is -0.132. The van der Waals surface area contributed by atoms with E-state index < -0.39 is 0 Å². The SMILES string of the molecule is Cc1cn(C)c(C2CCN(C(=O)COc3ccccc3)C2)n1. The van der Waals surface area contributed by atoms with Crippen LogP contribution in [0, 0.1) is 6.92 Å². The molecule has 3 rings (SSSR count). The number of carbonyl (C=O) groups excluding carboxylic acids is 1. The van der Waals surface area contributed by atoms with Gasteiger partial charge in [0.05, 0.1) is 5.69 Å². The standard InChI is InChI=1S/C17H21N3O2/c1-13-10-19(2)17(18-13)14-8-9-20(11-14)16(21)12-22-15-6-4-3-5-7-15/h3-7,10,14H,8-9,11-12H2,1-2H3. The van der Waals surface area contributed by atoms with Gasteiger partial charge in [0.2, 0.25) is 0 Å². The van der Waals surface area contributed by atoms with E-state index in [0.717, 1.165) is 36.8 Å². The summed E-state index contributed by atoms with van der Waals surface area (Å²) in [6.07, 6.45) is 2.99. The average Bonchev–Trinajstić information content (AvgIpc) is 3.12. The van der Waals surface area contributed by atoms with E-state index in [1.54, 1.807) is 0 Å². The number of rotatable bonds is 4. The summed E-state index contributed by atoms with van der Waals surface area (Å²) in [6, 6.07) is 9.44. The highest BCUT2D eigenvalue weighted by Crippen LogP contribution is 2.26. The van der Waals surface area contributed by atoms with Crippen molar-refractivity contribution < 1.29 is 9.53 Å². The van der Waals surface area contributed by atoms with Crippen LogP contribution in [-0.2, 0) is 11.8 Å². The van der Waals surface area contributed by atoms with Crippen molar-refractivity contribution in [3.63, 3.8) is 0 Å². The molecule has 1 atom stereocenters. The molecule has 5 heteroatoms. The number of nitrogens with zero attached hydrogens (tertiary/aromatic N) is 3. The Bertz CT molecular complexity index is 651. The zero-order valence-corrected chi connectivity index (χ0v) is 13.0. The van der Waals surface area contributed by atoms with Gasteiger partial charge in [0, 0.05) is 32.3 Å². The molecular weight excluding hydrogens is 278 g/mol. The second-order valence-electron chi connectivity index (χ2n) is 5.78. The predicted octanol–water partition coefficient (Wildman–Crippen LogP) is 2.12. The van der Waals surface area contributed by atoms with E-state index in [0.29, 0.717) is 5.92 Å². The lowest BCUT2D eigenvalue weighted by Crippen LogP contribution is -2.33. The largest absolute Gasteiger partial charge is 0.484 e. The van der Waals surface area contributed by atoms with Crippen LogP contribution in [0.4, 0.5) is 0 Å². The van der Waals surface area contributed by atoms with Crippen LogP contribution < -0.4 is 4.74 Å². The zero-order chi connectivity index (χ0) is 15.5. The predicted molar refractivity (Wildman–Crippen MR) is 83.8 cm³/mol. The number of carbonyl (C=O) groups is 1. The van der Waals surface area contributed by atoms with Crippen molar-refractivity contribution in [3.05, 3.63) is 48.0 Å². The van der Waals surface area contributed by atoms with Crippen molar-refractivity contribution in [1.29, 1.82) is 0 Å². The Morgan fingerprint density at radius 2 is 2.14 bits per heavy atom. The lowest BCUT2D eigenvalue weighted by atomic mass is 10.1. The van der Waals surface area contributed by atoms with Gasteiger partial charge < -0.3 is 14.2 Å². The fraction of sp³-hybridized carbons (Fsp3) is 0.412. The molecule has 1 aliphatic heterocycles. The normalized spacial score (nSPS) is 17.7. The van der Waals surface area contributed by atoms with Gasteiger partial charge in [0.15, 0.2) is 6.61 Å². The summed E-state index contributed by atoms with van der Waals surface area (Å²) in [4.78, 5) is 18.7. The number of hydrogen-bond donors (Lipinski definition) is 0. The maximum Gasteiger partial charge on any atom is 0.260 e. The third-order valence-corrected chi connectivity index (χ3v) is 4.04. The monoisotopic (exact) mass is 299 g/mol. The molecule has 0 aliphatic carbocycles. The minimum absolute atomic E-state index is 0.0392. The van der Waals surface area contributed by atoms with E-state index >= 15 is 0 Å². The first-order valence-electron chi connectivity index (χ1n) is 7.59. The van der Waals surface area contributed by atoms with E-state index in [9.17, 15) is 4.79 Å². The Labute approximate surface area is 130 Å². The van der Waals surface area contributed by atoms with Crippen LogP contribution in [0.15, 0.2) is 36.5 Å². The first-order valence-corrected chi connectivity index (χ1v) is 7.59. The van der Waals surface area contributed by atoms with Crippen molar-refractivity contribution in [2.24, 2.45) is 7.05 Å². The van der Waals surface area contributed by atoms with Crippen molar-refractivity contribution >= 4 is 5.91 Å². The van der Waals surface area contributed by atoms with Gasteiger partial charge in [0.25, 0.3) is 5.91 Å². The molecule has 0 N–H and O–H groups in total. The molecule has 1 amide bonds. The molecule has 2 heterocycles. The van der Waals surface area contributed by atoms with Gasteiger partial charge in [0.1, 0.15) is 11.6 Å². The number of imidazole rings is 1. The van der Waals surface area contributed by atoms with Crippen LogP contribution in [0.3, 0.4) is 0 Å². The first-order chi connectivity index (χ1) is 10.6. The highest BCUT2D eigenvalue weighted by molar-refractivity contribution is 5.78. The minimum atomic E-state index is 0.0392. The van der Waals surface area contributed by atoms with Gasteiger partial charge in [-0.05, 0) is 25.5 Å². The molecular formula is C17H21N3O2. The van der Waals surface area contributed by atoms with Gasteiger partial charge >= 0.3 is 0 Å². The van der Waals surface area contributed by atoms with Crippen LogP contribution in [-0.4, -0.2) is 40.1 Å². The maximum absolute atomic E-state index is 12.3. The number of amides is 1. The van der Waals surface area contributed by atoms with Crippen molar-refractivity contribution in [3.8, 4) is 5.75 Å². The Morgan fingerprint density at radius 1 is 1.36 bits per heavy atom. The second-order valence-corrected chi connectivity index (χ2v) is 5.78. The molecule has 1 unspecified atom stereocenters. The number of hydrogen-bond acceptors (Lipinski definition) is 3. The molecule has 0 bridgehead atoms. The summed E-state index contributed by atoms with van der Waals surface area (Å²) < 4.78 is 7.60. The van der Waals surface area contributed by atoms with E-state index in [1.807, 2.05) is 55.4 Å². The molecule has 5 nitrogen and oxygen atoms in total. The molecule has 116 valence electrons. The molecule has 1 aromatic heterocycles. The average molecular weight is 299 g/mol. The Balaban J connectivity index is 1.56. The quantitative estimate of drug-likeness (QED) is 0.869. The van der Waals surface area contributed by atoms with Crippen molar-refractivity contribution in [2.75, 3.05) is 19.7 Å². The summed E-state index contributed by atoms with van der Waals surface area (Å²) in [5.41, 5.74) is 1.02. The minimum Gasteiger partial charge on any atom is -0.484 e. The van der Waals surface area contributed by atoms with E-state index in [1.165, 1.54) is 0 Å².